The Morgan fingerprint density at radius 1 is 1.12 bits per heavy atom. The van der Waals surface area contributed by atoms with E-state index in [0.29, 0.717) is 0 Å². The van der Waals surface area contributed by atoms with Gasteiger partial charge in [-0.3, -0.25) is 0 Å². The topological polar surface area (TPSA) is 113 Å². The molecule has 1 unspecified atom stereocenters. The second kappa shape index (κ2) is 8.27. The molecule has 0 heterocycles. The van der Waals surface area contributed by atoms with E-state index in [9.17, 15) is 0 Å². The molecule has 0 aliphatic carbocycles. The van der Waals surface area contributed by atoms with Gasteiger partial charge in [0.25, 0.3) is 0 Å². The first-order chi connectivity index (χ1) is 2.00. The monoisotopic (exact) mass is 175 g/mol. The van der Waals surface area contributed by atoms with Gasteiger partial charge in [0.15, 0.2) is 0 Å². The minimum atomic E-state index is -4.64. The summed E-state index contributed by atoms with van der Waals surface area (Å²) in [5.41, 5.74) is 0. The summed E-state index contributed by atoms with van der Waals surface area (Å²) in [6.45, 7) is 0. The minimum Gasteiger partial charge on any atom is -0.344 e. The predicted octanol–water partition coefficient (Wildman–Crippen LogP) is -1.62. The van der Waals surface area contributed by atoms with E-state index >= 15 is 0 Å². The third kappa shape index (κ3) is 178. The molecule has 0 aromatic carbocycles. The lowest BCUT2D eigenvalue weighted by atomic mass is 14.0. The number of phosphoric acid groups is 1. The zero-order valence-electron chi connectivity index (χ0n) is 3.61. The van der Waals surface area contributed by atoms with Gasteiger partial charge in [0.2, 0.25) is 0 Å². The highest BCUT2D eigenvalue weighted by Gasteiger charge is 2.00. The molecule has 8 heavy (non-hydrogen) atoms. The molecule has 0 aromatic rings. The molecular weight excluding hydrogens is 164 g/mol. The van der Waals surface area contributed by atoms with Crippen LogP contribution in [0.2, 0.25) is 0 Å². The van der Waals surface area contributed by atoms with Gasteiger partial charge in [-0.1, -0.05) is 0 Å². The molecule has 0 bridgehead atoms. The fraction of sp³-hybridized carbons (Fsp3) is 0. The van der Waals surface area contributed by atoms with Crippen molar-refractivity contribution in [3.63, 3.8) is 0 Å². The average molecular weight is 175 g/mol. The van der Waals surface area contributed by atoms with Gasteiger partial charge < -0.3 is 20.8 Å². The zero-order chi connectivity index (χ0) is 4.50. The molecule has 0 rings (SSSR count). The Morgan fingerprint density at radius 3 is 1.12 bits per heavy atom. The fourth-order valence-corrected chi connectivity index (χ4v) is 0. The van der Waals surface area contributed by atoms with Crippen LogP contribution in [-0.2, 0) is 4.57 Å². The quantitative estimate of drug-likeness (QED) is 0.261. The maximum atomic E-state index is 8.88. The van der Waals surface area contributed by atoms with Crippen molar-refractivity contribution in [2.45, 2.75) is 0 Å². The summed E-state index contributed by atoms with van der Waals surface area (Å²) in [7, 11) is -4.64. The second-order valence-electron chi connectivity index (χ2n) is 0.513. The first kappa shape index (κ1) is 22.8. The van der Waals surface area contributed by atoms with Gasteiger partial charge in [-0.25, -0.2) is 4.57 Å². The van der Waals surface area contributed by atoms with E-state index in [1.807, 2.05) is 0 Å². The zero-order valence-corrected chi connectivity index (χ0v) is 5.92. The van der Waals surface area contributed by atoms with Crippen LogP contribution in [0.15, 0.2) is 0 Å². The van der Waals surface area contributed by atoms with Crippen molar-refractivity contribution in [2.24, 2.45) is 0 Å². The van der Waals surface area contributed by atoms with Crippen molar-refractivity contribution in [3.8, 4) is 0 Å². The van der Waals surface area contributed by atoms with Crippen LogP contribution in [0.25, 0.3) is 0 Å². The van der Waals surface area contributed by atoms with Crippen LogP contribution in [0.4, 0.5) is 0 Å². The summed E-state index contributed by atoms with van der Waals surface area (Å²) < 4.78 is 8.88. The predicted molar refractivity (Wildman–Crippen MR) is 38.9 cm³/mol. The molecule has 6 N–H and O–H groups in total. The highest BCUT2D eigenvalue weighted by molar-refractivity contribution is 7.45. The molecule has 0 saturated carbocycles. The van der Waals surface area contributed by atoms with Gasteiger partial charge in [-0.15, -0.1) is 0 Å². The maximum Gasteiger partial charge on any atom is 0.466 e. The molecule has 0 aromatic heterocycles. The van der Waals surface area contributed by atoms with Gasteiger partial charge in [0.05, 0.1) is 0 Å². The van der Waals surface area contributed by atoms with Crippen molar-refractivity contribution < 1.29 is 19.2 Å². The average Bonchev–Trinajstić information content (AvgIpc) is 0.722. The number of hydrogen-bond acceptors (Lipinski definition) is 2. The molecule has 0 fully saturated rings. The third-order valence-corrected chi connectivity index (χ3v) is 0. The van der Waals surface area contributed by atoms with Gasteiger partial charge in [-0.05, 0) is 0 Å². The van der Waals surface area contributed by atoms with Crippen molar-refractivity contribution in [1.82, 2.24) is 6.15 Å². The number of rotatable bonds is 0. The molecular formula is H11MgNO4P2. The first-order valence-electron chi connectivity index (χ1n) is 0.783. The van der Waals surface area contributed by atoms with Crippen molar-refractivity contribution >= 4 is 40.8 Å². The lowest BCUT2D eigenvalue weighted by Crippen LogP contribution is -1.66. The van der Waals surface area contributed by atoms with Crippen molar-refractivity contribution in [1.29, 1.82) is 0 Å². The van der Waals surface area contributed by atoms with E-state index in [4.69, 9.17) is 19.2 Å². The lowest BCUT2D eigenvalue weighted by Gasteiger charge is -1.82. The summed E-state index contributed by atoms with van der Waals surface area (Å²) >= 11 is 0. The van der Waals surface area contributed by atoms with Gasteiger partial charge >= 0.3 is 30.9 Å². The summed E-state index contributed by atoms with van der Waals surface area (Å²) in [4.78, 5) is 21.6. The molecule has 0 aliphatic heterocycles. The molecule has 0 saturated heterocycles. The van der Waals surface area contributed by atoms with Crippen LogP contribution in [0.5, 0.6) is 0 Å². The van der Waals surface area contributed by atoms with Crippen molar-refractivity contribution in [3.05, 3.63) is 0 Å². The van der Waals surface area contributed by atoms with Gasteiger partial charge in [0.1, 0.15) is 0 Å². The highest BCUT2D eigenvalue weighted by Crippen LogP contribution is 2.25. The molecule has 0 radical (unpaired) electrons. The molecule has 1 atom stereocenters. The van der Waals surface area contributed by atoms with Crippen LogP contribution in [0, 0.1) is 0 Å². The van der Waals surface area contributed by atoms with Crippen molar-refractivity contribution in [2.75, 3.05) is 0 Å². The SMILES string of the molecule is N.O=P(O)(O)O.P.[MgH2]. The summed E-state index contributed by atoms with van der Waals surface area (Å²) in [6.07, 6.45) is 0. The van der Waals surface area contributed by atoms with Gasteiger partial charge in [0, 0.05) is 0 Å². The summed E-state index contributed by atoms with van der Waals surface area (Å²) in [6, 6.07) is 0. The van der Waals surface area contributed by atoms with E-state index in [2.05, 4.69) is 0 Å². The van der Waals surface area contributed by atoms with E-state index in [1.165, 1.54) is 0 Å². The molecule has 0 amide bonds. The number of hydrogen-bond donors (Lipinski definition) is 4. The maximum absolute atomic E-state index is 8.88. The Morgan fingerprint density at radius 2 is 1.12 bits per heavy atom. The Kier molecular flexibility index (Phi) is 23.6. The van der Waals surface area contributed by atoms with E-state index in [1.54, 1.807) is 0 Å². The molecule has 52 valence electrons. The second-order valence-corrected chi connectivity index (χ2v) is 1.54. The van der Waals surface area contributed by atoms with Crippen LogP contribution in [0.1, 0.15) is 0 Å². The Balaban J connectivity index is -0.0000000267. The third-order valence-electron chi connectivity index (χ3n) is 0. The van der Waals surface area contributed by atoms with Gasteiger partial charge in [-0.2, -0.15) is 9.90 Å². The van der Waals surface area contributed by atoms with Crippen LogP contribution in [-0.4, -0.2) is 37.7 Å². The first-order valence-corrected chi connectivity index (χ1v) is 2.35. The highest BCUT2D eigenvalue weighted by atomic mass is 31.2. The largest absolute Gasteiger partial charge is 0.466 e. The van der Waals surface area contributed by atoms with Crippen LogP contribution < -0.4 is 6.15 Å². The molecule has 0 spiro atoms. The van der Waals surface area contributed by atoms with E-state index in [0.717, 1.165) is 0 Å². The molecule has 0 aliphatic rings. The minimum absolute atomic E-state index is 0. The Labute approximate surface area is 66.5 Å². The van der Waals surface area contributed by atoms with E-state index in [-0.39, 0.29) is 39.1 Å². The molecule has 5 nitrogen and oxygen atoms in total. The molecule has 8 heteroatoms. The van der Waals surface area contributed by atoms with E-state index < -0.39 is 7.82 Å². The van der Waals surface area contributed by atoms with Crippen LogP contribution in [0.3, 0.4) is 0 Å². The summed E-state index contributed by atoms with van der Waals surface area (Å²) in [5, 5.41) is 0. The Bertz CT molecular complexity index is 60.2. The normalized spacial score (nSPS) is 7.38. The fourth-order valence-electron chi connectivity index (χ4n) is 0. The van der Waals surface area contributed by atoms with Crippen LogP contribution >= 0.6 is 17.7 Å². The smallest absolute Gasteiger partial charge is 0.344 e. The Hall–Kier alpha value is 1.27. The standard InChI is InChI=1S/Mg.H3N.H3O4P.H3P.2H/c;;1-5(2,3)4;;;/h;1H3;(H3,1,2,3,4);1H3;;. The summed E-state index contributed by atoms with van der Waals surface area (Å²) in [5.74, 6) is 0. The lowest BCUT2D eigenvalue weighted by molar-refractivity contribution is 0.275.